The molecule has 0 aliphatic rings. The predicted octanol–water partition coefficient (Wildman–Crippen LogP) is 0.451. The van der Waals surface area contributed by atoms with E-state index >= 15 is 0 Å². The van der Waals surface area contributed by atoms with Gasteiger partial charge in [0.05, 0.1) is 7.11 Å². The second-order valence-electron chi connectivity index (χ2n) is 3.97. The number of methoxy groups -OCH3 is 1. The van der Waals surface area contributed by atoms with Gasteiger partial charge in [-0.25, -0.2) is 9.78 Å². The first-order valence-corrected chi connectivity index (χ1v) is 5.79. The second-order valence-corrected chi connectivity index (χ2v) is 3.97. The van der Waals surface area contributed by atoms with Gasteiger partial charge in [-0.05, 0) is 6.07 Å². The molecule has 0 saturated carbocycles. The van der Waals surface area contributed by atoms with Crippen LogP contribution < -0.4 is 15.4 Å². The Morgan fingerprint density at radius 2 is 2.22 bits per heavy atom. The van der Waals surface area contributed by atoms with Crippen LogP contribution in [0.4, 0.5) is 4.79 Å². The summed E-state index contributed by atoms with van der Waals surface area (Å²) in [5, 5.41) is 5.99. The zero-order valence-corrected chi connectivity index (χ0v) is 11.1. The lowest BCUT2D eigenvalue weighted by Gasteiger charge is -2.12. The number of amides is 2. The lowest BCUT2D eigenvalue weighted by molar-refractivity contribution is 0.217. The topological polar surface area (TPSA) is 66.5 Å². The van der Waals surface area contributed by atoms with Crippen LogP contribution in [0.15, 0.2) is 18.3 Å². The fourth-order valence-electron chi connectivity index (χ4n) is 1.38. The van der Waals surface area contributed by atoms with Crippen LogP contribution in [-0.4, -0.2) is 50.2 Å². The van der Waals surface area contributed by atoms with Gasteiger partial charge in [0.2, 0.25) is 5.88 Å². The van der Waals surface area contributed by atoms with Crippen molar-refractivity contribution in [3.05, 3.63) is 23.9 Å². The number of urea groups is 1. The summed E-state index contributed by atoms with van der Waals surface area (Å²) in [5.74, 6) is 0.627. The van der Waals surface area contributed by atoms with Gasteiger partial charge in [-0.1, -0.05) is 6.07 Å². The highest BCUT2D eigenvalue weighted by molar-refractivity contribution is 5.73. The molecule has 0 fully saturated rings. The highest BCUT2D eigenvalue weighted by atomic mass is 16.5. The standard InChI is InChI=1S/C12H20N4O2/c1-16(2)12(17)15-8-7-13-9-10-5-4-6-14-11(10)18-3/h4-6,13H,7-9H2,1-3H3,(H,15,17). The third-order valence-electron chi connectivity index (χ3n) is 2.34. The highest BCUT2D eigenvalue weighted by Gasteiger charge is 2.03. The Balaban J connectivity index is 2.24. The van der Waals surface area contributed by atoms with Crippen molar-refractivity contribution in [2.75, 3.05) is 34.3 Å². The van der Waals surface area contributed by atoms with Crippen molar-refractivity contribution in [3.63, 3.8) is 0 Å². The zero-order chi connectivity index (χ0) is 13.4. The smallest absolute Gasteiger partial charge is 0.316 e. The maximum absolute atomic E-state index is 11.2. The van der Waals surface area contributed by atoms with Crippen LogP contribution in [0.5, 0.6) is 5.88 Å². The fourth-order valence-corrected chi connectivity index (χ4v) is 1.38. The highest BCUT2D eigenvalue weighted by Crippen LogP contribution is 2.12. The van der Waals surface area contributed by atoms with Gasteiger partial charge in [0.1, 0.15) is 0 Å². The lowest BCUT2D eigenvalue weighted by Crippen LogP contribution is -2.38. The minimum absolute atomic E-state index is 0.0873. The molecule has 6 nitrogen and oxygen atoms in total. The number of pyridine rings is 1. The molecular weight excluding hydrogens is 232 g/mol. The van der Waals surface area contributed by atoms with Crippen LogP contribution in [0.25, 0.3) is 0 Å². The minimum Gasteiger partial charge on any atom is -0.481 e. The molecule has 0 aliphatic carbocycles. The number of rotatable bonds is 6. The van der Waals surface area contributed by atoms with E-state index in [1.165, 1.54) is 4.90 Å². The molecule has 1 aromatic heterocycles. The normalized spacial score (nSPS) is 9.94. The first-order valence-electron chi connectivity index (χ1n) is 5.79. The number of carbonyl (C=O) groups is 1. The Bertz CT molecular complexity index is 382. The molecule has 0 aliphatic heterocycles. The van der Waals surface area contributed by atoms with E-state index in [0.717, 1.165) is 5.56 Å². The lowest BCUT2D eigenvalue weighted by atomic mass is 10.2. The van der Waals surface area contributed by atoms with E-state index in [1.54, 1.807) is 27.4 Å². The van der Waals surface area contributed by atoms with Crippen molar-refractivity contribution in [2.45, 2.75) is 6.54 Å². The maximum atomic E-state index is 11.2. The molecule has 0 radical (unpaired) electrons. The van der Waals surface area contributed by atoms with Crippen molar-refractivity contribution >= 4 is 6.03 Å². The second kappa shape index (κ2) is 7.50. The fraction of sp³-hybridized carbons (Fsp3) is 0.500. The number of ether oxygens (including phenoxy) is 1. The number of hydrogen-bond donors (Lipinski definition) is 2. The van der Waals surface area contributed by atoms with E-state index < -0.39 is 0 Å². The quantitative estimate of drug-likeness (QED) is 0.721. The first-order chi connectivity index (χ1) is 8.65. The van der Waals surface area contributed by atoms with Gasteiger partial charge in [-0.2, -0.15) is 0 Å². The average Bonchev–Trinajstić information content (AvgIpc) is 2.38. The van der Waals surface area contributed by atoms with Crippen LogP contribution >= 0.6 is 0 Å². The van der Waals surface area contributed by atoms with Crippen LogP contribution in [0, 0.1) is 0 Å². The van der Waals surface area contributed by atoms with E-state index in [0.29, 0.717) is 25.5 Å². The third-order valence-corrected chi connectivity index (χ3v) is 2.34. The van der Waals surface area contributed by atoms with Crippen molar-refractivity contribution in [3.8, 4) is 5.88 Å². The SMILES string of the molecule is COc1ncccc1CNCCNC(=O)N(C)C. The number of hydrogen-bond acceptors (Lipinski definition) is 4. The summed E-state index contributed by atoms with van der Waals surface area (Å²) in [4.78, 5) is 16.8. The molecule has 18 heavy (non-hydrogen) atoms. The summed E-state index contributed by atoms with van der Waals surface area (Å²) < 4.78 is 5.14. The number of nitrogens with one attached hydrogen (secondary N) is 2. The van der Waals surface area contributed by atoms with E-state index in [1.807, 2.05) is 12.1 Å². The molecule has 0 aromatic carbocycles. The van der Waals surface area contributed by atoms with Gasteiger partial charge in [-0.3, -0.25) is 0 Å². The van der Waals surface area contributed by atoms with E-state index in [9.17, 15) is 4.79 Å². The molecule has 100 valence electrons. The Labute approximate surface area is 107 Å². The van der Waals surface area contributed by atoms with Gasteiger partial charge in [0.25, 0.3) is 0 Å². The van der Waals surface area contributed by atoms with Gasteiger partial charge in [0, 0.05) is 45.5 Å². The van der Waals surface area contributed by atoms with Crippen molar-refractivity contribution in [1.29, 1.82) is 0 Å². The molecule has 0 saturated heterocycles. The van der Waals surface area contributed by atoms with Crippen LogP contribution in [-0.2, 0) is 6.54 Å². The molecule has 0 unspecified atom stereocenters. The summed E-state index contributed by atoms with van der Waals surface area (Å²) in [6.07, 6.45) is 1.69. The Hall–Kier alpha value is -1.82. The summed E-state index contributed by atoms with van der Waals surface area (Å²) in [6, 6.07) is 3.74. The van der Waals surface area contributed by atoms with E-state index in [4.69, 9.17) is 4.74 Å². The first kappa shape index (κ1) is 14.2. The molecule has 0 atom stereocenters. The van der Waals surface area contributed by atoms with Gasteiger partial charge < -0.3 is 20.3 Å². The average molecular weight is 252 g/mol. The predicted molar refractivity (Wildman–Crippen MR) is 69.6 cm³/mol. The molecule has 1 rings (SSSR count). The minimum atomic E-state index is -0.0873. The van der Waals surface area contributed by atoms with E-state index in [-0.39, 0.29) is 6.03 Å². The van der Waals surface area contributed by atoms with Crippen molar-refractivity contribution < 1.29 is 9.53 Å². The largest absolute Gasteiger partial charge is 0.481 e. The number of aromatic nitrogens is 1. The van der Waals surface area contributed by atoms with Crippen molar-refractivity contribution in [2.24, 2.45) is 0 Å². The Kier molecular flexibility index (Phi) is 5.93. The molecule has 2 N–H and O–H groups in total. The van der Waals surface area contributed by atoms with Gasteiger partial charge >= 0.3 is 6.03 Å². The molecule has 0 bridgehead atoms. The molecule has 1 aromatic rings. The molecule has 2 amide bonds. The summed E-state index contributed by atoms with van der Waals surface area (Å²) in [6.45, 7) is 1.94. The molecular formula is C12H20N4O2. The third kappa shape index (κ3) is 4.58. The van der Waals surface area contributed by atoms with Crippen LogP contribution in [0.1, 0.15) is 5.56 Å². The summed E-state index contributed by atoms with van der Waals surface area (Å²) in [5.41, 5.74) is 0.999. The van der Waals surface area contributed by atoms with E-state index in [2.05, 4.69) is 15.6 Å². The Morgan fingerprint density at radius 1 is 1.44 bits per heavy atom. The van der Waals surface area contributed by atoms with Crippen LogP contribution in [0.2, 0.25) is 0 Å². The maximum Gasteiger partial charge on any atom is 0.316 e. The van der Waals surface area contributed by atoms with Crippen molar-refractivity contribution in [1.82, 2.24) is 20.5 Å². The van der Waals surface area contributed by atoms with Gasteiger partial charge in [-0.15, -0.1) is 0 Å². The molecule has 1 heterocycles. The summed E-state index contributed by atoms with van der Waals surface area (Å²) in [7, 11) is 5.02. The monoisotopic (exact) mass is 252 g/mol. The molecule has 0 spiro atoms. The summed E-state index contributed by atoms with van der Waals surface area (Å²) >= 11 is 0. The molecule has 6 heteroatoms. The Morgan fingerprint density at radius 3 is 2.89 bits per heavy atom. The van der Waals surface area contributed by atoms with Crippen LogP contribution in [0.3, 0.4) is 0 Å². The van der Waals surface area contributed by atoms with Gasteiger partial charge in [0.15, 0.2) is 0 Å². The zero-order valence-electron chi connectivity index (χ0n) is 11.1. The number of carbonyl (C=O) groups excluding carboxylic acids is 1. The number of nitrogens with zero attached hydrogens (tertiary/aromatic N) is 2.